The summed E-state index contributed by atoms with van der Waals surface area (Å²) in [5.74, 6) is 0.344. The molecule has 2 aromatic carbocycles. The molecular formula is C29H30N6O2S. The first kappa shape index (κ1) is 25.6. The van der Waals surface area contributed by atoms with Crippen LogP contribution in [0.2, 0.25) is 0 Å². The number of aromatic nitrogens is 2. The molecule has 0 aliphatic carbocycles. The molecule has 0 fully saturated rings. The van der Waals surface area contributed by atoms with Gasteiger partial charge in [-0.3, -0.25) is 14.9 Å². The van der Waals surface area contributed by atoms with Gasteiger partial charge in [0.1, 0.15) is 11.9 Å². The molecule has 9 heteroatoms. The zero-order chi connectivity index (χ0) is 26.5. The van der Waals surface area contributed by atoms with Crippen molar-refractivity contribution in [1.29, 1.82) is 0 Å². The highest BCUT2D eigenvalue weighted by atomic mass is 32.1. The van der Waals surface area contributed by atoms with E-state index in [0.29, 0.717) is 23.3 Å². The van der Waals surface area contributed by atoms with Crippen molar-refractivity contribution in [3.05, 3.63) is 95.1 Å². The standard InChI is InChI=1S/C29H30N6O2S/c1-19(2)30-12-13-31-25-11-10-22(17-33-25)21-8-9-23-18-35(28(37)24(23)16-21)26(20-6-4-3-5-7-20)27(36)34-29-32-14-15-38-29/h3-11,14-17,19,26,30H,12-13,18H2,1-2H3,(H,31,33)(H,32,34,36). The Hall–Kier alpha value is -4.08. The van der Waals surface area contributed by atoms with Gasteiger partial charge in [0.15, 0.2) is 5.13 Å². The van der Waals surface area contributed by atoms with Gasteiger partial charge in [-0.1, -0.05) is 56.3 Å². The Balaban J connectivity index is 1.34. The molecule has 3 heterocycles. The Bertz CT molecular complexity index is 1390. The molecule has 1 atom stereocenters. The number of rotatable bonds is 10. The zero-order valence-corrected chi connectivity index (χ0v) is 22.2. The molecule has 1 aliphatic heterocycles. The lowest BCUT2D eigenvalue weighted by Crippen LogP contribution is -2.37. The Kier molecular flexibility index (Phi) is 7.76. The number of hydrogen-bond acceptors (Lipinski definition) is 7. The van der Waals surface area contributed by atoms with Crippen molar-refractivity contribution in [1.82, 2.24) is 20.2 Å². The number of nitrogens with zero attached hydrogens (tertiary/aromatic N) is 3. The van der Waals surface area contributed by atoms with Crippen LogP contribution in [0.4, 0.5) is 10.9 Å². The normalized spacial score (nSPS) is 13.4. The van der Waals surface area contributed by atoms with Crippen LogP contribution in [-0.4, -0.2) is 45.8 Å². The maximum atomic E-state index is 13.7. The van der Waals surface area contributed by atoms with E-state index in [1.165, 1.54) is 11.3 Å². The maximum absolute atomic E-state index is 13.7. The Morgan fingerprint density at radius 2 is 1.84 bits per heavy atom. The van der Waals surface area contributed by atoms with Crippen LogP contribution in [0.15, 0.2) is 78.4 Å². The monoisotopic (exact) mass is 526 g/mol. The minimum Gasteiger partial charge on any atom is -0.369 e. The maximum Gasteiger partial charge on any atom is 0.255 e. The van der Waals surface area contributed by atoms with E-state index in [1.807, 2.05) is 66.9 Å². The first-order valence-electron chi connectivity index (χ1n) is 12.6. The first-order chi connectivity index (χ1) is 18.5. The largest absolute Gasteiger partial charge is 0.369 e. The molecule has 0 spiro atoms. The summed E-state index contributed by atoms with van der Waals surface area (Å²) in [6.45, 7) is 6.23. The number of carbonyl (C=O) groups excluding carboxylic acids is 2. The fourth-order valence-electron chi connectivity index (χ4n) is 4.50. The van der Waals surface area contributed by atoms with E-state index in [-0.39, 0.29) is 11.8 Å². The van der Waals surface area contributed by atoms with Crippen molar-refractivity contribution in [2.45, 2.75) is 32.5 Å². The summed E-state index contributed by atoms with van der Waals surface area (Å²) < 4.78 is 0. The van der Waals surface area contributed by atoms with Crippen molar-refractivity contribution in [3.8, 4) is 11.1 Å². The van der Waals surface area contributed by atoms with Crippen molar-refractivity contribution < 1.29 is 9.59 Å². The van der Waals surface area contributed by atoms with Gasteiger partial charge < -0.3 is 15.5 Å². The number of nitrogens with one attached hydrogen (secondary N) is 3. The first-order valence-corrected chi connectivity index (χ1v) is 13.5. The van der Waals surface area contributed by atoms with E-state index in [9.17, 15) is 9.59 Å². The SMILES string of the molecule is CC(C)NCCNc1ccc(-c2ccc3c(c2)C(=O)N(C(C(=O)Nc2nccs2)c2ccccc2)C3)cn1. The van der Waals surface area contributed by atoms with Crippen molar-refractivity contribution >= 4 is 34.1 Å². The third-order valence-electron chi connectivity index (χ3n) is 6.36. The predicted octanol–water partition coefficient (Wildman–Crippen LogP) is 4.95. The van der Waals surface area contributed by atoms with E-state index in [2.05, 4.69) is 39.8 Å². The van der Waals surface area contributed by atoms with E-state index in [1.54, 1.807) is 16.5 Å². The van der Waals surface area contributed by atoms with Crippen molar-refractivity contribution in [2.24, 2.45) is 0 Å². The topological polar surface area (TPSA) is 99.2 Å². The molecule has 4 aromatic rings. The molecule has 0 radical (unpaired) electrons. The quantitative estimate of drug-likeness (QED) is 0.253. The number of carbonyl (C=O) groups is 2. The number of benzene rings is 2. The molecular weight excluding hydrogens is 496 g/mol. The van der Waals surface area contributed by atoms with Gasteiger partial charge >= 0.3 is 0 Å². The van der Waals surface area contributed by atoms with Crippen LogP contribution in [0.5, 0.6) is 0 Å². The minimum atomic E-state index is -0.777. The summed E-state index contributed by atoms with van der Waals surface area (Å²) in [7, 11) is 0. The molecule has 1 unspecified atom stereocenters. The van der Waals surface area contributed by atoms with E-state index in [0.717, 1.165) is 41.2 Å². The molecule has 1 aliphatic rings. The van der Waals surface area contributed by atoms with Gasteiger partial charge in [0, 0.05) is 54.6 Å². The summed E-state index contributed by atoms with van der Waals surface area (Å²) in [5, 5.41) is 11.8. The smallest absolute Gasteiger partial charge is 0.255 e. The van der Waals surface area contributed by atoms with Crippen LogP contribution in [-0.2, 0) is 11.3 Å². The lowest BCUT2D eigenvalue weighted by molar-refractivity contribution is -0.120. The van der Waals surface area contributed by atoms with Gasteiger partial charge in [0.05, 0.1) is 0 Å². The molecule has 0 bridgehead atoms. The second-order valence-electron chi connectivity index (χ2n) is 9.41. The van der Waals surface area contributed by atoms with Gasteiger partial charge in [-0.05, 0) is 34.9 Å². The Morgan fingerprint density at radius 3 is 2.55 bits per heavy atom. The molecule has 3 N–H and O–H groups in total. The highest BCUT2D eigenvalue weighted by molar-refractivity contribution is 7.13. The number of amides is 2. The highest BCUT2D eigenvalue weighted by Crippen LogP contribution is 2.34. The van der Waals surface area contributed by atoms with Gasteiger partial charge in [0.25, 0.3) is 11.8 Å². The molecule has 0 saturated carbocycles. The van der Waals surface area contributed by atoms with Gasteiger partial charge in [-0.25, -0.2) is 9.97 Å². The zero-order valence-electron chi connectivity index (χ0n) is 21.3. The third-order valence-corrected chi connectivity index (χ3v) is 7.05. The van der Waals surface area contributed by atoms with E-state index < -0.39 is 6.04 Å². The lowest BCUT2D eigenvalue weighted by atomic mass is 10.0. The van der Waals surface area contributed by atoms with Crippen LogP contribution in [0.3, 0.4) is 0 Å². The van der Waals surface area contributed by atoms with Crippen molar-refractivity contribution in [2.75, 3.05) is 23.7 Å². The molecule has 8 nitrogen and oxygen atoms in total. The second kappa shape index (κ2) is 11.5. The van der Waals surface area contributed by atoms with Crippen molar-refractivity contribution in [3.63, 3.8) is 0 Å². The average molecular weight is 527 g/mol. The van der Waals surface area contributed by atoms with E-state index >= 15 is 0 Å². The second-order valence-corrected chi connectivity index (χ2v) is 10.3. The van der Waals surface area contributed by atoms with Gasteiger partial charge in [0.2, 0.25) is 0 Å². The molecule has 2 aromatic heterocycles. The molecule has 194 valence electrons. The van der Waals surface area contributed by atoms with Gasteiger partial charge in [-0.2, -0.15) is 0 Å². The number of anilines is 2. The summed E-state index contributed by atoms with van der Waals surface area (Å²) in [5.41, 5.74) is 4.07. The van der Waals surface area contributed by atoms with Crippen LogP contribution < -0.4 is 16.0 Å². The number of thiazole rings is 1. The Morgan fingerprint density at radius 1 is 1.03 bits per heavy atom. The van der Waals surface area contributed by atoms with E-state index in [4.69, 9.17) is 0 Å². The molecule has 0 saturated heterocycles. The average Bonchev–Trinajstić information content (AvgIpc) is 3.55. The molecule has 2 amide bonds. The predicted molar refractivity (Wildman–Crippen MR) is 151 cm³/mol. The van der Waals surface area contributed by atoms with Crippen LogP contribution in [0.1, 0.15) is 41.4 Å². The minimum absolute atomic E-state index is 0.172. The lowest BCUT2D eigenvalue weighted by Gasteiger charge is -2.27. The van der Waals surface area contributed by atoms with Crippen LogP contribution in [0.25, 0.3) is 11.1 Å². The number of hydrogen-bond donors (Lipinski definition) is 3. The van der Waals surface area contributed by atoms with Crippen LogP contribution >= 0.6 is 11.3 Å². The number of pyridine rings is 1. The molecule has 5 rings (SSSR count). The summed E-state index contributed by atoms with van der Waals surface area (Å²) in [6, 6.07) is 18.8. The summed E-state index contributed by atoms with van der Waals surface area (Å²) >= 11 is 1.34. The fourth-order valence-corrected chi connectivity index (χ4v) is 5.03. The summed E-state index contributed by atoms with van der Waals surface area (Å²) in [4.78, 5) is 37.4. The third kappa shape index (κ3) is 5.74. The fraction of sp³-hybridized carbons (Fsp3) is 0.241. The van der Waals surface area contributed by atoms with Gasteiger partial charge in [-0.15, -0.1) is 11.3 Å². The molecule has 38 heavy (non-hydrogen) atoms. The number of fused-ring (bicyclic) bond motifs is 1. The Labute approximate surface area is 226 Å². The highest BCUT2D eigenvalue weighted by Gasteiger charge is 2.37. The summed E-state index contributed by atoms with van der Waals surface area (Å²) in [6.07, 6.45) is 3.45. The van der Waals surface area contributed by atoms with Crippen LogP contribution in [0, 0.1) is 0 Å².